The zero-order chi connectivity index (χ0) is 21.8. The van der Waals surface area contributed by atoms with Crippen LogP contribution in [-0.2, 0) is 14.3 Å². The molecule has 1 saturated carbocycles. The summed E-state index contributed by atoms with van der Waals surface area (Å²) in [6.07, 6.45) is 8.33. The molecule has 0 bridgehead atoms. The molecule has 5 N–H and O–H groups in total. The number of ether oxygens (including phenoxy) is 1. The molecule has 8 heteroatoms. The van der Waals surface area contributed by atoms with Crippen molar-refractivity contribution in [3.05, 3.63) is 0 Å². The van der Waals surface area contributed by atoms with Crippen molar-refractivity contribution in [2.75, 3.05) is 19.7 Å². The van der Waals surface area contributed by atoms with Gasteiger partial charge in [0.25, 0.3) is 0 Å². The van der Waals surface area contributed by atoms with Crippen LogP contribution in [0.15, 0.2) is 0 Å². The number of carboxylic acids is 1. The fourth-order valence-electron chi connectivity index (χ4n) is 2.64. The van der Waals surface area contributed by atoms with Crippen molar-refractivity contribution in [3.63, 3.8) is 0 Å². The molecule has 8 nitrogen and oxygen atoms in total. The van der Waals surface area contributed by atoms with Crippen molar-refractivity contribution in [2.24, 2.45) is 11.7 Å². The zero-order valence-electron chi connectivity index (χ0n) is 18.1. The zero-order valence-corrected chi connectivity index (χ0v) is 18.1. The highest BCUT2D eigenvalue weighted by molar-refractivity contribution is 5.86. The van der Waals surface area contributed by atoms with Gasteiger partial charge >= 0.3 is 12.1 Å². The van der Waals surface area contributed by atoms with Crippen LogP contribution in [0.2, 0.25) is 0 Å². The first-order chi connectivity index (χ1) is 13.4. The number of aliphatic carboxylic acids is 1. The molecule has 1 fully saturated rings. The molecule has 1 rings (SSSR count). The third kappa shape index (κ3) is 17.6. The molecule has 0 aromatic carbocycles. The number of nitrogens with two attached hydrogens (primary N) is 1. The minimum Gasteiger partial charge on any atom is -0.480 e. The number of nitrogens with one attached hydrogen (secondary N) is 2. The van der Waals surface area contributed by atoms with Gasteiger partial charge in [0.15, 0.2) is 0 Å². The first-order valence-electron chi connectivity index (χ1n) is 10.5. The third-order valence-electron chi connectivity index (χ3n) is 4.14. The summed E-state index contributed by atoms with van der Waals surface area (Å²) in [5, 5.41) is 13.5. The molecule has 0 aliphatic heterocycles. The molecule has 0 saturated heterocycles. The number of carbonyl (C=O) groups excluding carboxylic acids is 2. The Morgan fingerprint density at radius 2 is 1.75 bits per heavy atom. The van der Waals surface area contributed by atoms with Gasteiger partial charge in [0, 0.05) is 0 Å². The van der Waals surface area contributed by atoms with E-state index >= 15 is 0 Å². The van der Waals surface area contributed by atoms with Gasteiger partial charge in [-0.15, -0.1) is 0 Å². The van der Waals surface area contributed by atoms with Gasteiger partial charge in [0.05, 0.1) is 6.61 Å². The van der Waals surface area contributed by atoms with Gasteiger partial charge in [0.1, 0.15) is 12.6 Å². The maximum atomic E-state index is 11.4. The lowest BCUT2D eigenvalue weighted by Crippen LogP contribution is -2.45. The Bertz CT molecular complexity index is 413. The van der Waals surface area contributed by atoms with Crippen molar-refractivity contribution >= 4 is 18.0 Å². The standard InChI is InChI=1S/C11H21N3O5.C7H14.C2H6/c1-2-19-11(18)13-7-9(15)14-8(10(16)17)5-3-4-6-12;1-7-5-3-2-4-6-7;1-2/h8H,2-7,12H2,1H3,(H,13,18)(H,14,15)(H,16,17);7H,2-6H2,1H3;1-2H3/t8-;;/m0../s1. The van der Waals surface area contributed by atoms with Gasteiger partial charge in [-0.05, 0) is 38.6 Å². The molecule has 0 unspecified atom stereocenters. The minimum absolute atomic E-state index is 0.199. The molecule has 166 valence electrons. The van der Waals surface area contributed by atoms with E-state index in [2.05, 4.69) is 22.3 Å². The fourth-order valence-corrected chi connectivity index (χ4v) is 2.64. The number of unbranched alkanes of at least 4 members (excludes halogenated alkanes) is 1. The van der Waals surface area contributed by atoms with Crippen LogP contribution in [0.4, 0.5) is 4.79 Å². The third-order valence-corrected chi connectivity index (χ3v) is 4.14. The Labute approximate surface area is 170 Å². The fraction of sp³-hybridized carbons (Fsp3) is 0.850. The lowest BCUT2D eigenvalue weighted by atomic mass is 9.91. The van der Waals surface area contributed by atoms with Crippen molar-refractivity contribution in [3.8, 4) is 0 Å². The molecule has 0 radical (unpaired) electrons. The van der Waals surface area contributed by atoms with Crippen LogP contribution in [0, 0.1) is 5.92 Å². The topological polar surface area (TPSA) is 131 Å². The number of alkyl carbamates (subject to hydrolysis) is 1. The summed E-state index contributed by atoms with van der Waals surface area (Å²) >= 11 is 0. The average Bonchev–Trinajstić information content (AvgIpc) is 2.68. The van der Waals surface area contributed by atoms with Gasteiger partial charge in [-0.2, -0.15) is 0 Å². The highest BCUT2D eigenvalue weighted by Crippen LogP contribution is 2.22. The van der Waals surface area contributed by atoms with E-state index in [0.717, 1.165) is 5.92 Å². The Hall–Kier alpha value is -1.83. The summed E-state index contributed by atoms with van der Waals surface area (Å²) in [5.74, 6) is -0.650. The van der Waals surface area contributed by atoms with E-state index in [-0.39, 0.29) is 13.2 Å². The minimum atomic E-state index is -1.11. The maximum absolute atomic E-state index is 11.4. The quantitative estimate of drug-likeness (QED) is 0.438. The van der Waals surface area contributed by atoms with Crippen LogP contribution in [0.3, 0.4) is 0 Å². The summed E-state index contributed by atoms with van der Waals surface area (Å²) < 4.78 is 4.56. The van der Waals surface area contributed by atoms with E-state index in [0.29, 0.717) is 25.8 Å². The SMILES string of the molecule is CC.CC1CCCCC1.CCOC(=O)NCC(=O)N[C@@H](CCCCN)C(=O)O. The number of carboxylic acid groups (broad SMARTS) is 1. The van der Waals surface area contributed by atoms with E-state index in [1.165, 1.54) is 32.1 Å². The smallest absolute Gasteiger partial charge is 0.407 e. The molecular weight excluding hydrogens is 362 g/mol. The molecule has 0 spiro atoms. The summed E-state index contributed by atoms with van der Waals surface area (Å²) in [4.78, 5) is 33.3. The molecule has 1 aliphatic carbocycles. The number of hydrogen-bond acceptors (Lipinski definition) is 5. The predicted octanol–water partition coefficient (Wildman–Crippen LogP) is 3.04. The normalized spacial score (nSPS) is 14.3. The highest BCUT2D eigenvalue weighted by Gasteiger charge is 2.19. The summed E-state index contributed by atoms with van der Waals surface area (Å²) in [5.41, 5.74) is 5.31. The summed E-state index contributed by atoms with van der Waals surface area (Å²) in [6.45, 7) is 8.35. The van der Waals surface area contributed by atoms with Crippen molar-refractivity contribution in [2.45, 2.75) is 85.1 Å². The predicted molar refractivity (Wildman–Crippen MR) is 111 cm³/mol. The van der Waals surface area contributed by atoms with Gasteiger partial charge < -0.3 is 26.2 Å². The molecule has 2 amide bonds. The van der Waals surface area contributed by atoms with E-state index < -0.39 is 24.0 Å². The maximum Gasteiger partial charge on any atom is 0.407 e. The number of carbonyl (C=O) groups is 3. The second-order valence-electron chi connectivity index (χ2n) is 6.56. The highest BCUT2D eigenvalue weighted by atomic mass is 16.5. The summed E-state index contributed by atoms with van der Waals surface area (Å²) in [7, 11) is 0. The first-order valence-corrected chi connectivity index (χ1v) is 10.5. The largest absolute Gasteiger partial charge is 0.480 e. The Morgan fingerprint density at radius 3 is 2.18 bits per heavy atom. The monoisotopic (exact) mass is 403 g/mol. The summed E-state index contributed by atoms with van der Waals surface area (Å²) in [6, 6.07) is -0.969. The van der Waals surface area contributed by atoms with Crippen molar-refractivity contribution < 1.29 is 24.2 Å². The van der Waals surface area contributed by atoms with Crippen LogP contribution >= 0.6 is 0 Å². The lowest BCUT2D eigenvalue weighted by molar-refractivity contribution is -0.141. The van der Waals surface area contributed by atoms with Crippen LogP contribution < -0.4 is 16.4 Å². The van der Waals surface area contributed by atoms with Crippen molar-refractivity contribution in [1.29, 1.82) is 0 Å². The molecule has 0 aromatic rings. The van der Waals surface area contributed by atoms with E-state index in [4.69, 9.17) is 10.8 Å². The van der Waals surface area contributed by atoms with E-state index in [9.17, 15) is 14.4 Å². The van der Waals surface area contributed by atoms with Crippen LogP contribution in [-0.4, -0.2) is 48.8 Å². The Morgan fingerprint density at radius 1 is 1.14 bits per heavy atom. The second kappa shape index (κ2) is 19.9. The average molecular weight is 404 g/mol. The van der Waals surface area contributed by atoms with Crippen LogP contribution in [0.25, 0.3) is 0 Å². The van der Waals surface area contributed by atoms with Crippen molar-refractivity contribution in [1.82, 2.24) is 10.6 Å². The Balaban J connectivity index is 0. The van der Waals surface area contributed by atoms with Gasteiger partial charge in [-0.1, -0.05) is 52.9 Å². The second-order valence-corrected chi connectivity index (χ2v) is 6.56. The number of amides is 2. The molecule has 0 aromatic heterocycles. The van der Waals surface area contributed by atoms with E-state index in [1.807, 2.05) is 13.8 Å². The molecule has 1 aliphatic rings. The molecular formula is C20H41N3O5. The van der Waals surface area contributed by atoms with Gasteiger partial charge in [0.2, 0.25) is 5.91 Å². The van der Waals surface area contributed by atoms with Crippen LogP contribution in [0.1, 0.15) is 79.1 Å². The first kappa shape index (κ1) is 28.4. The number of hydrogen-bond donors (Lipinski definition) is 4. The van der Waals surface area contributed by atoms with E-state index in [1.54, 1.807) is 6.92 Å². The molecule has 1 atom stereocenters. The Kier molecular flexibility index (Phi) is 20.2. The lowest BCUT2D eigenvalue weighted by Gasteiger charge is -2.15. The van der Waals surface area contributed by atoms with Crippen LogP contribution in [0.5, 0.6) is 0 Å². The number of rotatable bonds is 9. The molecule has 28 heavy (non-hydrogen) atoms. The molecule has 0 heterocycles. The van der Waals surface area contributed by atoms with Gasteiger partial charge in [-0.25, -0.2) is 9.59 Å². The van der Waals surface area contributed by atoms with Gasteiger partial charge in [-0.3, -0.25) is 4.79 Å².